The van der Waals surface area contributed by atoms with Crippen LogP contribution in [0, 0.1) is 5.92 Å². The van der Waals surface area contributed by atoms with E-state index in [9.17, 15) is 4.79 Å². The molecule has 16 heavy (non-hydrogen) atoms. The van der Waals surface area contributed by atoms with E-state index < -0.39 is 0 Å². The summed E-state index contributed by atoms with van der Waals surface area (Å²) in [5.41, 5.74) is 0. The van der Waals surface area contributed by atoms with Crippen LogP contribution in [0.5, 0.6) is 0 Å². The van der Waals surface area contributed by atoms with Crippen molar-refractivity contribution in [3.63, 3.8) is 0 Å². The van der Waals surface area contributed by atoms with Gasteiger partial charge in [0.2, 0.25) is 0 Å². The summed E-state index contributed by atoms with van der Waals surface area (Å²) >= 11 is 5.64. The molecule has 0 bridgehead atoms. The van der Waals surface area contributed by atoms with Crippen molar-refractivity contribution in [1.82, 2.24) is 5.32 Å². The third kappa shape index (κ3) is 3.52. The summed E-state index contributed by atoms with van der Waals surface area (Å²) in [6, 6.07) is 2.04. The molecule has 0 fully saturated rings. The number of carbonyl (C=O) groups is 1. The second-order valence-electron chi connectivity index (χ2n) is 4.01. The molecule has 4 heteroatoms. The average molecular weight is 257 g/mol. The van der Waals surface area contributed by atoms with Gasteiger partial charge < -0.3 is 5.32 Å². The maximum Gasteiger partial charge on any atom is 0.261 e. The Kier molecular flexibility index (Phi) is 5.35. The normalized spacial score (nSPS) is 12.8. The van der Waals surface area contributed by atoms with Crippen LogP contribution in [0.15, 0.2) is 16.3 Å². The summed E-state index contributed by atoms with van der Waals surface area (Å²) in [4.78, 5) is 13.5. The van der Waals surface area contributed by atoms with Crippen molar-refractivity contribution in [2.24, 2.45) is 5.92 Å². The standard InChI is InChI=1S/C12H19NOS2/c1-4-9(5-2)8(3)13-12(14)11-6-10(15)7-16-11/h6-9,15H,4-5H2,1-3H3,(H,13,14). The lowest BCUT2D eigenvalue weighted by Crippen LogP contribution is -2.37. The Labute approximate surface area is 107 Å². The van der Waals surface area contributed by atoms with Crippen molar-refractivity contribution >= 4 is 29.9 Å². The van der Waals surface area contributed by atoms with Crippen LogP contribution in [0.1, 0.15) is 43.3 Å². The number of rotatable bonds is 5. The fourth-order valence-corrected chi connectivity index (χ4v) is 2.89. The first kappa shape index (κ1) is 13.6. The molecule has 1 heterocycles. The highest BCUT2D eigenvalue weighted by Gasteiger charge is 2.17. The van der Waals surface area contributed by atoms with Crippen LogP contribution in [-0.4, -0.2) is 11.9 Å². The number of thiol groups is 1. The van der Waals surface area contributed by atoms with Crippen LogP contribution in [0.3, 0.4) is 0 Å². The molecule has 90 valence electrons. The molecule has 0 saturated heterocycles. The summed E-state index contributed by atoms with van der Waals surface area (Å²) < 4.78 is 0. The molecule has 0 saturated carbocycles. The fraction of sp³-hybridized carbons (Fsp3) is 0.583. The van der Waals surface area contributed by atoms with Gasteiger partial charge in [-0.05, 0) is 18.9 Å². The Balaban J connectivity index is 2.57. The van der Waals surface area contributed by atoms with Gasteiger partial charge in [-0.3, -0.25) is 4.79 Å². The minimum atomic E-state index is 0.0182. The minimum absolute atomic E-state index is 0.0182. The van der Waals surface area contributed by atoms with Gasteiger partial charge in [-0.25, -0.2) is 0 Å². The number of thiophene rings is 1. The lowest BCUT2D eigenvalue weighted by molar-refractivity contribution is 0.0929. The third-order valence-corrected chi connectivity index (χ3v) is 4.29. The van der Waals surface area contributed by atoms with Crippen molar-refractivity contribution in [2.45, 2.75) is 44.6 Å². The van der Waals surface area contributed by atoms with Crippen LogP contribution in [0.25, 0.3) is 0 Å². The van der Waals surface area contributed by atoms with Gasteiger partial charge in [0, 0.05) is 16.3 Å². The smallest absolute Gasteiger partial charge is 0.261 e. The predicted octanol–water partition coefficient (Wildman–Crippen LogP) is 3.59. The highest BCUT2D eigenvalue weighted by molar-refractivity contribution is 7.80. The van der Waals surface area contributed by atoms with E-state index in [1.807, 2.05) is 11.4 Å². The van der Waals surface area contributed by atoms with Crippen molar-refractivity contribution in [3.8, 4) is 0 Å². The Morgan fingerprint density at radius 2 is 2.12 bits per heavy atom. The van der Waals surface area contributed by atoms with E-state index in [1.54, 1.807) is 0 Å². The largest absolute Gasteiger partial charge is 0.349 e. The van der Waals surface area contributed by atoms with E-state index in [0.717, 1.165) is 22.6 Å². The third-order valence-electron chi connectivity index (χ3n) is 2.92. The SMILES string of the molecule is CCC(CC)C(C)NC(=O)c1cc(S)cs1. The molecule has 1 aromatic heterocycles. The van der Waals surface area contributed by atoms with Gasteiger partial charge >= 0.3 is 0 Å². The molecule has 1 unspecified atom stereocenters. The second kappa shape index (κ2) is 6.30. The van der Waals surface area contributed by atoms with Crippen LogP contribution < -0.4 is 5.32 Å². The fourth-order valence-electron chi connectivity index (χ4n) is 1.84. The van der Waals surface area contributed by atoms with Crippen molar-refractivity contribution < 1.29 is 4.79 Å². The van der Waals surface area contributed by atoms with E-state index >= 15 is 0 Å². The lowest BCUT2D eigenvalue weighted by atomic mass is 9.95. The van der Waals surface area contributed by atoms with E-state index in [-0.39, 0.29) is 11.9 Å². The summed E-state index contributed by atoms with van der Waals surface area (Å²) in [5.74, 6) is 0.573. The van der Waals surface area contributed by atoms with Gasteiger partial charge in [-0.15, -0.1) is 24.0 Å². The molecule has 1 rings (SSSR count). The molecule has 0 aromatic carbocycles. The molecule has 1 amide bonds. The maximum absolute atomic E-state index is 11.9. The Morgan fingerprint density at radius 3 is 2.56 bits per heavy atom. The predicted molar refractivity (Wildman–Crippen MR) is 72.6 cm³/mol. The first-order valence-electron chi connectivity index (χ1n) is 5.66. The molecule has 0 aliphatic carbocycles. The van der Waals surface area contributed by atoms with E-state index in [2.05, 4.69) is 38.7 Å². The summed E-state index contributed by atoms with van der Waals surface area (Å²) in [6.45, 7) is 6.40. The van der Waals surface area contributed by atoms with E-state index in [0.29, 0.717) is 5.92 Å². The Morgan fingerprint density at radius 1 is 1.50 bits per heavy atom. The minimum Gasteiger partial charge on any atom is -0.349 e. The Bertz CT molecular complexity index is 345. The molecule has 0 radical (unpaired) electrons. The highest BCUT2D eigenvalue weighted by atomic mass is 32.1. The van der Waals surface area contributed by atoms with Gasteiger partial charge in [0.25, 0.3) is 5.91 Å². The van der Waals surface area contributed by atoms with E-state index in [4.69, 9.17) is 0 Å². The Hall–Kier alpha value is -0.480. The summed E-state index contributed by atoms with van der Waals surface area (Å²) in [7, 11) is 0. The number of carbonyl (C=O) groups excluding carboxylic acids is 1. The maximum atomic E-state index is 11.9. The van der Waals surface area contributed by atoms with Crippen molar-refractivity contribution in [1.29, 1.82) is 0 Å². The summed E-state index contributed by atoms with van der Waals surface area (Å²) in [6.07, 6.45) is 2.19. The molecule has 0 spiro atoms. The number of amides is 1. The number of hydrogen-bond donors (Lipinski definition) is 2. The molecule has 1 N–H and O–H groups in total. The molecule has 1 atom stereocenters. The van der Waals surface area contributed by atoms with Crippen molar-refractivity contribution in [3.05, 3.63) is 16.3 Å². The molecule has 1 aromatic rings. The second-order valence-corrected chi connectivity index (χ2v) is 5.44. The number of nitrogens with one attached hydrogen (secondary N) is 1. The molecule has 0 aliphatic rings. The molecule has 0 aliphatic heterocycles. The number of hydrogen-bond acceptors (Lipinski definition) is 3. The topological polar surface area (TPSA) is 29.1 Å². The average Bonchev–Trinajstić information content (AvgIpc) is 2.66. The lowest BCUT2D eigenvalue weighted by Gasteiger charge is -2.22. The quantitative estimate of drug-likeness (QED) is 0.776. The van der Waals surface area contributed by atoms with Gasteiger partial charge in [-0.2, -0.15) is 0 Å². The summed E-state index contributed by atoms with van der Waals surface area (Å²) in [5, 5.41) is 4.92. The zero-order valence-corrected chi connectivity index (χ0v) is 11.7. The monoisotopic (exact) mass is 257 g/mol. The zero-order chi connectivity index (χ0) is 12.1. The van der Waals surface area contributed by atoms with Crippen molar-refractivity contribution in [2.75, 3.05) is 0 Å². The first-order valence-corrected chi connectivity index (χ1v) is 6.99. The first-order chi connectivity index (χ1) is 7.58. The van der Waals surface area contributed by atoms with Gasteiger partial charge in [-0.1, -0.05) is 26.7 Å². The van der Waals surface area contributed by atoms with Crippen LogP contribution >= 0.6 is 24.0 Å². The molecular weight excluding hydrogens is 238 g/mol. The van der Waals surface area contributed by atoms with Gasteiger partial charge in [0.1, 0.15) is 0 Å². The highest BCUT2D eigenvalue weighted by Crippen LogP contribution is 2.19. The molecular formula is C12H19NOS2. The van der Waals surface area contributed by atoms with Crippen LogP contribution in [0.2, 0.25) is 0 Å². The molecule has 2 nitrogen and oxygen atoms in total. The zero-order valence-electron chi connectivity index (χ0n) is 9.99. The van der Waals surface area contributed by atoms with Gasteiger partial charge in [0.05, 0.1) is 4.88 Å². The van der Waals surface area contributed by atoms with Gasteiger partial charge in [0.15, 0.2) is 0 Å². The van der Waals surface area contributed by atoms with Crippen LogP contribution in [0.4, 0.5) is 0 Å². The van der Waals surface area contributed by atoms with E-state index in [1.165, 1.54) is 11.3 Å². The van der Waals surface area contributed by atoms with Crippen LogP contribution in [-0.2, 0) is 0 Å².